The first kappa shape index (κ1) is 17.5. The molecule has 0 aliphatic carbocycles. The highest BCUT2D eigenvalue weighted by Crippen LogP contribution is 1.93. The molecule has 0 radical (unpaired) electrons. The Morgan fingerprint density at radius 3 is 0.833 bits per heavy atom. The molecule has 0 aromatic rings. The molecule has 0 aliphatic rings. The SMILES string of the molecule is [N-]=[N+]=NS(=O)(=O)N=[N+]=[N-].[N-]=[N+]=NS(=O)(=O)N=[N+]=[N-]. The average molecular weight is 296 g/mol. The van der Waals surface area contributed by atoms with Crippen LogP contribution in [0.4, 0.5) is 0 Å². The summed E-state index contributed by atoms with van der Waals surface area (Å²) in [6.07, 6.45) is 0. The van der Waals surface area contributed by atoms with Crippen molar-refractivity contribution in [1.29, 1.82) is 0 Å². The maximum absolute atomic E-state index is 9.99. The molecular weight excluding hydrogens is 296 g/mol. The molecule has 18 heteroatoms. The molecule has 0 aromatic carbocycles. The summed E-state index contributed by atoms with van der Waals surface area (Å²) >= 11 is 0. The summed E-state index contributed by atoms with van der Waals surface area (Å²) in [7, 11) is -8.53. The van der Waals surface area contributed by atoms with Crippen molar-refractivity contribution in [3.05, 3.63) is 41.8 Å². The summed E-state index contributed by atoms with van der Waals surface area (Å²) < 4.78 is 48.7. The van der Waals surface area contributed by atoms with E-state index in [4.69, 9.17) is 22.1 Å². The fourth-order valence-corrected chi connectivity index (χ4v) is 0.652. The van der Waals surface area contributed by atoms with Crippen molar-refractivity contribution in [3.63, 3.8) is 0 Å². The van der Waals surface area contributed by atoms with Crippen LogP contribution in [0.1, 0.15) is 0 Å². The van der Waals surface area contributed by atoms with E-state index in [-0.39, 0.29) is 0 Å². The van der Waals surface area contributed by atoms with Crippen LogP contribution in [0, 0.1) is 0 Å². The Bertz CT molecular complexity index is 558. The van der Waals surface area contributed by atoms with Gasteiger partial charge in [-0.2, -0.15) is 0 Å². The van der Waals surface area contributed by atoms with Crippen LogP contribution in [0.15, 0.2) is 18.1 Å². The second-order valence-corrected chi connectivity index (χ2v) is 4.02. The van der Waals surface area contributed by atoms with Crippen molar-refractivity contribution < 1.29 is 16.8 Å². The molecule has 0 rings (SSSR count). The number of hydrogen-bond donors (Lipinski definition) is 0. The number of rotatable bonds is 4. The summed E-state index contributed by atoms with van der Waals surface area (Å²) in [5.74, 6) is 0. The van der Waals surface area contributed by atoms with Crippen molar-refractivity contribution in [1.82, 2.24) is 0 Å². The van der Waals surface area contributed by atoms with Gasteiger partial charge < -0.3 is 0 Å². The second kappa shape index (κ2) is 8.31. The van der Waals surface area contributed by atoms with Gasteiger partial charge in [0.25, 0.3) is 0 Å². The van der Waals surface area contributed by atoms with Crippen molar-refractivity contribution in [2.45, 2.75) is 0 Å². The third-order valence-corrected chi connectivity index (χ3v) is 1.68. The Kier molecular flexibility index (Phi) is 8.09. The lowest BCUT2D eigenvalue weighted by Crippen LogP contribution is -1.82. The molecule has 0 aliphatic heterocycles. The van der Waals surface area contributed by atoms with E-state index in [1.165, 1.54) is 0 Å². The van der Waals surface area contributed by atoms with Crippen molar-refractivity contribution in [2.24, 2.45) is 18.1 Å². The van der Waals surface area contributed by atoms with Gasteiger partial charge in [-0.1, -0.05) is 0 Å². The van der Waals surface area contributed by atoms with E-state index in [1.54, 1.807) is 0 Å². The maximum Gasteiger partial charge on any atom is 0.321 e. The monoisotopic (exact) mass is 296 g/mol. The molecule has 0 spiro atoms. The Labute approximate surface area is 97.7 Å². The van der Waals surface area contributed by atoms with Crippen molar-refractivity contribution in [3.8, 4) is 0 Å². The minimum absolute atomic E-state index is 1.90. The van der Waals surface area contributed by atoms with Gasteiger partial charge in [0.2, 0.25) is 0 Å². The fraction of sp³-hybridized carbons (Fsp3) is 0. The average Bonchev–Trinajstić information content (AvgIpc) is 2.17. The Morgan fingerprint density at radius 2 is 0.722 bits per heavy atom. The van der Waals surface area contributed by atoms with Crippen LogP contribution in [0.25, 0.3) is 41.8 Å². The van der Waals surface area contributed by atoms with Crippen LogP contribution in [-0.2, 0) is 20.4 Å². The zero-order valence-electron chi connectivity index (χ0n) is 7.82. The molecule has 0 bridgehead atoms. The summed E-state index contributed by atoms with van der Waals surface area (Å²) in [5.41, 5.74) is 30.1. The molecule has 0 saturated heterocycles. The lowest BCUT2D eigenvalue weighted by Gasteiger charge is -1.73. The highest BCUT2D eigenvalue weighted by atomic mass is 32.2. The van der Waals surface area contributed by atoms with E-state index in [1.807, 2.05) is 19.6 Å². The van der Waals surface area contributed by atoms with Crippen LogP contribution in [-0.4, -0.2) is 16.8 Å². The van der Waals surface area contributed by atoms with E-state index < -0.39 is 20.4 Å². The molecule has 0 heterocycles. The summed E-state index contributed by atoms with van der Waals surface area (Å²) in [6, 6.07) is 0. The van der Waals surface area contributed by atoms with Gasteiger partial charge in [0.15, 0.2) is 0 Å². The van der Waals surface area contributed by atoms with Crippen LogP contribution >= 0.6 is 0 Å². The predicted molar refractivity (Wildman–Crippen MR) is 54.4 cm³/mol. The highest BCUT2D eigenvalue weighted by Gasteiger charge is 1.99. The van der Waals surface area contributed by atoms with Crippen molar-refractivity contribution in [2.75, 3.05) is 0 Å². The van der Waals surface area contributed by atoms with Gasteiger partial charge in [0.1, 0.15) is 0 Å². The lowest BCUT2D eigenvalue weighted by atomic mass is 13.0. The van der Waals surface area contributed by atoms with Crippen LogP contribution < -0.4 is 0 Å². The Balaban J connectivity index is 0. The van der Waals surface area contributed by atoms with Gasteiger partial charge in [-0.15, -0.1) is 0 Å². The van der Waals surface area contributed by atoms with E-state index >= 15 is 0 Å². The molecular formula is N12O4S2. The van der Waals surface area contributed by atoms with Crippen LogP contribution in [0.5, 0.6) is 0 Å². The number of azide groups is 2. The van der Waals surface area contributed by atoms with Crippen molar-refractivity contribution >= 4 is 20.4 Å². The standard InChI is InChI=1S/2N6O2S/c2*1-3-5-9(7,8)6-4-2. The zero-order valence-corrected chi connectivity index (χ0v) is 9.45. The molecule has 0 fully saturated rings. The lowest BCUT2D eigenvalue weighted by molar-refractivity contribution is 0.597. The number of nitrogens with zero attached hydrogens (tertiary/aromatic N) is 12. The first-order chi connectivity index (χ1) is 8.24. The molecule has 0 unspecified atom stereocenters. The zero-order chi connectivity index (χ0) is 14.7. The molecule has 0 saturated carbocycles. The van der Waals surface area contributed by atoms with Gasteiger partial charge in [-0.05, 0) is 22.1 Å². The largest absolute Gasteiger partial charge is 0.321 e. The van der Waals surface area contributed by atoms with Crippen LogP contribution in [0.2, 0.25) is 0 Å². The molecule has 0 amide bonds. The first-order valence-electron chi connectivity index (χ1n) is 3.00. The molecule has 18 heavy (non-hydrogen) atoms. The van der Waals surface area contributed by atoms with E-state index in [2.05, 4.69) is 18.1 Å². The molecule has 96 valence electrons. The van der Waals surface area contributed by atoms with E-state index in [0.717, 1.165) is 0 Å². The van der Waals surface area contributed by atoms with Gasteiger partial charge >= 0.3 is 20.4 Å². The minimum atomic E-state index is -4.27. The fourth-order valence-electron chi connectivity index (χ4n) is 0.217. The summed E-state index contributed by atoms with van der Waals surface area (Å²) in [6.45, 7) is 0. The van der Waals surface area contributed by atoms with Gasteiger partial charge in [-0.25, -0.2) is 16.8 Å². The first-order valence-corrected chi connectivity index (χ1v) is 5.79. The summed E-state index contributed by atoms with van der Waals surface area (Å²) in [4.78, 5) is 7.59. The van der Waals surface area contributed by atoms with Crippen LogP contribution in [0.3, 0.4) is 0 Å². The molecule has 0 N–H and O–H groups in total. The predicted octanol–water partition coefficient (Wildman–Crippen LogP) is 1.70. The Hall–Kier alpha value is -2.86. The molecule has 0 aromatic heterocycles. The Morgan fingerprint density at radius 1 is 0.556 bits per heavy atom. The third-order valence-electron chi connectivity index (χ3n) is 0.559. The smallest absolute Gasteiger partial charge is 0.213 e. The molecule has 16 nitrogen and oxygen atoms in total. The van der Waals surface area contributed by atoms with Gasteiger partial charge in [0.05, 0.1) is 0 Å². The molecule has 0 atom stereocenters. The number of hydrogen-bond acceptors (Lipinski definition) is 4. The second-order valence-electron chi connectivity index (χ2n) is 1.58. The minimum Gasteiger partial charge on any atom is -0.213 e. The highest BCUT2D eigenvalue weighted by molar-refractivity contribution is 7.88. The normalized spacial score (nSPS) is 8.89. The topological polar surface area (TPSA) is 263 Å². The van der Waals surface area contributed by atoms with Gasteiger partial charge in [0, 0.05) is 37.7 Å². The van der Waals surface area contributed by atoms with Gasteiger partial charge in [-0.3, -0.25) is 0 Å². The quantitative estimate of drug-likeness (QED) is 0.425. The van der Waals surface area contributed by atoms with E-state index in [9.17, 15) is 16.8 Å². The van der Waals surface area contributed by atoms with E-state index in [0.29, 0.717) is 0 Å². The third kappa shape index (κ3) is 11.2. The summed E-state index contributed by atoms with van der Waals surface area (Å²) in [5, 5.41) is 0. The maximum atomic E-state index is 9.99.